The molecule has 0 spiro atoms. The third-order valence-electron chi connectivity index (χ3n) is 6.01. The maximum absolute atomic E-state index is 14.5. The Hall–Kier alpha value is -3.07. The van der Waals surface area contributed by atoms with Crippen molar-refractivity contribution >= 4 is 28.3 Å². The van der Waals surface area contributed by atoms with Gasteiger partial charge in [0.15, 0.2) is 0 Å². The number of anilines is 1. The standard InChI is InChI=1S/C25H27ClFN7/c1-15-12-34(13-16(2)32-15)8-7-28-18-10-23-21(29-11-18)5-6-22(33-23)25-24(30-14-31-25)19-9-17(26)3-4-20(19)27/h3-6,9-11,14-16,28,32H,7-8,12-13H2,1-2H3,(H,30,31)/t15-,16+. The summed E-state index contributed by atoms with van der Waals surface area (Å²) in [5.41, 5.74) is 4.53. The van der Waals surface area contributed by atoms with E-state index >= 15 is 0 Å². The van der Waals surface area contributed by atoms with Gasteiger partial charge in [-0.25, -0.2) is 14.4 Å². The highest BCUT2D eigenvalue weighted by molar-refractivity contribution is 6.30. The van der Waals surface area contributed by atoms with E-state index in [1.54, 1.807) is 6.07 Å². The first-order valence-electron chi connectivity index (χ1n) is 11.4. The number of aromatic amines is 1. The molecular weight excluding hydrogens is 453 g/mol. The molecule has 3 N–H and O–H groups in total. The van der Waals surface area contributed by atoms with E-state index in [1.165, 1.54) is 18.5 Å². The lowest BCUT2D eigenvalue weighted by atomic mass is 10.1. The average molecular weight is 480 g/mol. The molecule has 0 unspecified atom stereocenters. The highest BCUT2D eigenvalue weighted by Gasteiger charge is 2.20. The predicted octanol–water partition coefficient (Wildman–Crippen LogP) is 4.57. The summed E-state index contributed by atoms with van der Waals surface area (Å²) in [6.45, 7) is 8.33. The number of halogens is 2. The summed E-state index contributed by atoms with van der Waals surface area (Å²) in [6, 6.07) is 11.2. The molecule has 1 aliphatic rings. The van der Waals surface area contributed by atoms with Crippen molar-refractivity contribution in [1.29, 1.82) is 0 Å². The minimum absolute atomic E-state index is 0.329. The van der Waals surface area contributed by atoms with Crippen molar-refractivity contribution in [3.8, 4) is 22.6 Å². The zero-order chi connectivity index (χ0) is 23.7. The fourth-order valence-corrected chi connectivity index (χ4v) is 4.77. The SMILES string of the molecule is C[C@@H]1CN(CCNc2cnc3ccc(-c4[nH]cnc4-c4cc(Cl)ccc4F)nc3c2)C[C@H](C)N1. The first-order chi connectivity index (χ1) is 16.5. The van der Waals surface area contributed by atoms with Gasteiger partial charge in [-0.2, -0.15) is 0 Å². The molecule has 2 atom stereocenters. The monoisotopic (exact) mass is 479 g/mol. The highest BCUT2D eigenvalue weighted by atomic mass is 35.5. The van der Waals surface area contributed by atoms with Crippen LogP contribution in [0, 0.1) is 5.82 Å². The summed E-state index contributed by atoms with van der Waals surface area (Å²) in [7, 11) is 0. The molecule has 0 aliphatic carbocycles. The Morgan fingerprint density at radius 1 is 1.09 bits per heavy atom. The Morgan fingerprint density at radius 2 is 1.91 bits per heavy atom. The molecule has 1 fully saturated rings. The molecule has 176 valence electrons. The number of fused-ring (bicyclic) bond motifs is 1. The number of piperazine rings is 1. The van der Waals surface area contributed by atoms with E-state index in [4.69, 9.17) is 16.6 Å². The molecule has 4 heterocycles. The van der Waals surface area contributed by atoms with Crippen LogP contribution >= 0.6 is 11.6 Å². The number of rotatable bonds is 6. The summed E-state index contributed by atoms with van der Waals surface area (Å²) in [5, 5.41) is 7.48. The summed E-state index contributed by atoms with van der Waals surface area (Å²) in [6.07, 6.45) is 3.36. The summed E-state index contributed by atoms with van der Waals surface area (Å²) in [5.74, 6) is -0.389. The minimum Gasteiger partial charge on any atom is -0.382 e. The zero-order valence-electron chi connectivity index (χ0n) is 19.1. The van der Waals surface area contributed by atoms with E-state index in [-0.39, 0.29) is 5.82 Å². The smallest absolute Gasteiger partial charge is 0.132 e. The van der Waals surface area contributed by atoms with Crippen LogP contribution in [0.25, 0.3) is 33.7 Å². The highest BCUT2D eigenvalue weighted by Crippen LogP contribution is 2.32. The number of imidazole rings is 1. The predicted molar refractivity (Wildman–Crippen MR) is 135 cm³/mol. The number of benzene rings is 1. The van der Waals surface area contributed by atoms with Crippen LogP contribution in [0.5, 0.6) is 0 Å². The lowest BCUT2D eigenvalue weighted by molar-refractivity contribution is 0.179. The normalized spacial score (nSPS) is 18.9. The van der Waals surface area contributed by atoms with Gasteiger partial charge in [-0.3, -0.25) is 9.88 Å². The number of nitrogens with one attached hydrogen (secondary N) is 3. The largest absolute Gasteiger partial charge is 0.382 e. The molecule has 7 nitrogen and oxygen atoms in total. The van der Waals surface area contributed by atoms with E-state index in [0.29, 0.717) is 39.8 Å². The maximum atomic E-state index is 14.5. The van der Waals surface area contributed by atoms with Crippen LogP contribution in [0.2, 0.25) is 5.02 Å². The number of H-pyrrole nitrogens is 1. The van der Waals surface area contributed by atoms with E-state index in [0.717, 1.165) is 42.9 Å². The van der Waals surface area contributed by atoms with Gasteiger partial charge in [-0.15, -0.1) is 0 Å². The van der Waals surface area contributed by atoms with Gasteiger partial charge in [0.1, 0.15) is 11.5 Å². The second-order valence-corrected chi connectivity index (χ2v) is 9.30. The van der Waals surface area contributed by atoms with Crippen LogP contribution in [0.4, 0.5) is 10.1 Å². The average Bonchev–Trinajstić information content (AvgIpc) is 3.29. The van der Waals surface area contributed by atoms with Gasteiger partial charge in [0.05, 0.1) is 40.6 Å². The van der Waals surface area contributed by atoms with Crippen LogP contribution in [0.3, 0.4) is 0 Å². The van der Waals surface area contributed by atoms with Crippen molar-refractivity contribution in [3.05, 3.63) is 59.8 Å². The number of hydrogen-bond donors (Lipinski definition) is 3. The Bertz CT molecular complexity index is 1300. The lowest BCUT2D eigenvalue weighted by Gasteiger charge is -2.36. The van der Waals surface area contributed by atoms with Gasteiger partial charge in [0.25, 0.3) is 0 Å². The van der Waals surface area contributed by atoms with Crippen molar-refractivity contribution < 1.29 is 4.39 Å². The molecular formula is C25H27ClFN7. The fraction of sp³-hybridized carbons (Fsp3) is 0.320. The van der Waals surface area contributed by atoms with Gasteiger partial charge in [-0.05, 0) is 50.2 Å². The second-order valence-electron chi connectivity index (χ2n) is 8.86. The molecule has 5 rings (SSSR count). The molecule has 1 saturated heterocycles. The molecule has 0 amide bonds. The van der Waals surface area contributed by atoms with Crippen molar-refractivity contribution in [2.75, 3.05) is 31.5 Å². The Kier molecular flexibility index (Phi) is 6.45. The number of pyridine rings is 2. The summed E-state index contributed by atoms with van der Waals surface area (Å²) >= 11 is 6.09. The second kappa shape index (κ2) is 9.66. The number of hydrogen-bond acceptors (Lipinski definition) is 6. The molecule has 1 aromatic carbocycles. The minimum atomic E-state index is -0.389. The first-order valence-corrected chi connectivity index (χ1v) is 11.8. The molecule has 0 bridgehead atoms. The molecule has 1 aliphatic heterocycles. The third-order valence-corrected chi connectivity index (χ3v) is 6.24. The third kappa shape index (κ3) is 4.89. The van der Waals surface area contributed by atoms with Crippen LogP contribution in [0.1, 0.15) is 13.8 Å². The molecule has 4 aromatic rings. The van der Waals surface area contributed by atoms with E-state index in [2.05, 4.69) is 44.3 Å². The van der Waals surface area contributed by atoms with Crippen LogP contribution < -0.4 is 10.6 Å². The molecule has 9 heteroatoms. The van der Waals surface area contributed by atoms with Gasteiger partial charge in [0.2, 0.25) is 0 Å². The van der Waals surface area contributed by atoms with Crippen molar-refractivity contribution in [2.45, 2.75) is 25.9 Å². The van der Waals surface area contributed by atoms with Crippen LogP contribution in [0.15, 0.2) is 48.9 Å². The van der Waals surface area contributed by atoms with Crippen molar-refractivity contribution in [2.24, 2.45) is 0 Å². The molecule has 34 heavy (non-hydrogen) atoms. The van der Waals surface area contributed by atoms with Crippen LogP contribution in [-0.2, 0) is 0 Å². The Morgan fingerprint density at radius 3 is 2.74 bits per heavy atom. The van der Waals surface area contributed by atoms with E-state index < -0.39 is 0 Å². The molecule has 0 saturated carbocycles. The zero-order valence-corrected chi connectivity index (χ0v) is 19.9. The van der Waals surface area contributed by atoms with Crippen molar-refractivity contribution in [1.82, 2.24) is 30.2 Å². The van der Waals surface area contributed by atoms with Gasteiger partial charge in [-0.1, -0.05) is 11.6 Å². The quantitative estimate of drug-likeness (QED) is 0.376. The van der Waals surface area contributed by atoms with Crippen molar-refractivity contribution in [3.63, 3.8) is 0 Å². The van der Waals surface area contributed by atoms with E-state index in [9.17, 15) is 4.39 Å². The topological polar surface area (TPSA) is 81.8 Å². The Balaban J connectivity index is 1.35. The molecule has 0 radical (unpaired) electrons. The Labute approximate surface area is 202 Å². The van der Waals surface area contributed by atoms with Crippen LogP contribution in [-0.4, -0.2) is 63.1 Å². The summed E-state index contributed by atoms with van der Waals surface area (Å²) in [4.78, 5) is 19.2. The number of nitrogens with zero attached hydrogens (tertiary/aromatic N) is 4. The lowest BCUT2D eigenvalue weighted by Crippen LogP contribution is -2.54. The van der Waals surface area contributed by atoms with E-state index in [1.807, 2.05) is 24.4 Å². The fourth-order valence-electron chi connectivity index (χ4n) is 4.60. The van der Waals surface area contributed by atoms with Gasteiger partial charge < -0.3 is 15.6 Å². The maximum Gasteiger partial charge on any atom is 0.132 e. The summed E-state index contributed by atoms with van der Waals surface area (Å²) < 4.78 is 14.5. The van der Waals surface area contributed by atoms with Gasteiger partial charge in [0, 0.05) is 48.8 Å². The first kappa shape index (κ1) is 22.7. The molecule has 3 aromatic heterocycles. The number of aromatic nitrogens is 4. The van der Waals surface area contributed by atoms with Gasteiger partial charge >= 0.3 is 0 Å².